The first-order chi connectivity index (χ1) is 14.4. The Bertz CT molecular complexity index is 993. The number of ketones is 1. The van der Waals surface area contributed by atoms with Crippen LogP contribution in [0.25, 0.3) is 11.1 Å². The molecule has 30 heavy (non-hydrogen) atoms. The largest absolute Gasteiger partial charge is 0.462 e. The first-order valence-electron chi connectivity index (χ1n) is 9.56. The summed E-state index contributed by atoms with van der Waals surface area (Å²) in [6.07, 6.45) is 0.694. The lowest BCUT2D eigenvalue weighted by Crippen LogP contribution is -2.50. The zero-order valence-electron chi connectivity index (χ0n) is 16.7. The van der Waals surface area contributed by atoms with Crippen molar-refractivity contribution in [2.24, 2.45) is 0 Å². The number of amides is 2. The molecule has 2 aromatic rings. The Morgan fingerprint density at radius 2 is 1.83 bits per heavy atom. The second kappa shape index (κ2) is 8.89. The van der Waals surface area contributed by atoms with Gasteiger partial charge in [0.25, 0.3) is 11.7 Å². The molecule has 0 radical (unpaired) electrons. The number of aromatic nitrogens is 1. The minimum Gasteiger partial charge on any atom is -0.462 e. The van der Waals surface area contributed by atoms with Crippen molar-refractivity contribution < 1.29 is 28.3 Å². The molecule has 1 aliphatic heterocycles. The maximum absolute atomic E-state index is 14.6. The molecule has 0 spiro atoms. The topological polar surface area (TPSA) is 99.8 Å². The molecule has 0 saturated carbocycles. The molecule has 1 fully saturated rings. The van der Waals surface area contributed by atoms with Crippen LogP contribution in [-0.2, 0) is 14.3 Å². The van der Waals surface area contributed by atoms with Crippen molar-refractivity contribution in [2.75, 3.05) is 32.8 Å². The smallest absolute Gasteiger partial charge is 0.340 e. The number of ether oxygens (including phenoxy) is 1. The normalized spacial score (nSPS) is 13.8. The van der Waals surface area contributed by atoms with Crippen molar-refractivity contribution in [3.8, 4) is 11.1 Å². The van der Waals surface area contributed by atoms with Crippen LogP contribution >= 0.6 is 0 Å². The summed E-state index contributed by atoms with van der Waals surface area (Å²) >= 11 is 0. The number of aryl methyl sites for hydroxylation is 1. The number of aromatic amines is 1. The highest BCUT2D eigenvalue weighted by molar-refractivity contribution is 6.43. The summed E-state index contributed by atoms with van der Waals surface area (Å²) in [5, 5.41) is 0. The second-order valence-electron chi connectivity index (χ2n) is 6.84. The van der Waals surface area contributed by atoms with Crippen LogP contribution in [0.3, 0.4) is 0 Å². The number of rotatable bonds is 6. The number of piperazine rings is 1. The molecule has 1 aromatic heterocycles. The van der Waals surface area contributed by atoms with E-state index in [0.717, 1.165) is 0 Å². The van der Waals surface area contributed by atoms with Crippen LogP contribution < -0.4 is 0 Å². The summed E-state index contributed by atoms with van der Waals surface area (Å²) in [7, 11) is 0. The first kappa shape index (κ1) is 21.2. The third kappa shape index (κ3) is 3.96. The number of nitrogens with one attached hydrogen (secondary N) is 1. The van der Waals surface area contributed by atoms with Crippen molar-refractivity contribution in [3.63, 3.8) is 0 Å². The second-order valence-corrected chi connectivity index (χ2v) is 6.84. The van der Waals surface area contributed by atoms with Crippen molar-refractivity contribution >= 4 is 24.1 Å². The number of H-pyrrole nitrogens is 1. The number of Topliss-reactive ketones (excluding diaryl/α,β-unsaturated/α-hetero) is 1. The van der Waals surface area contributed by atoms with Gasteiger partial charge < -0.3 is 19.5 Å². The predicted molar refractivity (Wildman–Crippen MR) is 105 cm³/mol. The molecule has 0 atom stereocenters. The van der Waals surface area contributed by atoms with Gasteiger partial charge >= 0.3 is 5.97 Å². The molecule has 1 saturated heterocycles. The fourth-order valence-corrected chi connectivity index (χ4v) is 3.47. The van der Waals surface area contributed by atoms with Gasteiger partial charge in [-0.3, -0.25) is 14.4 Å². The monoisotopic (exact) mass is 415 g/mol. The molecular weight excluding hydrogens is 393 g/mol. The van der Waals surface area contributed by atoms with E-state index in [1.54, 1.807) is 19.9 Å². The Labute approximate surface area is 172 Å². The third-order valence-corrected chi connectivity index (χ3v) is 4.98. The van der Waals surface area contributed by atoms with Gasteiger partial charge in [0.05, 0.1) is 12.2 Å². The summed E-state index contributed by atoms with van der Waals surface area (Å²) in [5.74, 6) is -3.01. The maximum Gasteiger partial charge on any atom is 0.340 e. The Kier molecular flexibility index (Phi) is 6.29. The number of benzene rings is 1. The number of hydrogen-bond donors (Lipinski definition) is 1. The van der Waals surface area contributed by atoms with E-state index in [0.29, 0.717) is 25.2 Å². The number of nitrogens with zero attached hydrogens (tertiary/aromatic N) is 2. The van der Waals surface area contributed by atoms with Gasteiger partial charge in [0.2, 0.25) is 6.41 Å². The van der Waals surface area contributed by atoms with Gasteiger partial charge in [-0.15, -0.1) is 0 Å². The van der Waals surface area contributed by atoms with E-state index in [2.05, 4.69) is 4.98 Å². The van der Waals surface area contributed by atoms with E-state index >= 15 is 0 Å². The quantitative estimate of drug-likeness (QED) is 0.336. The van der Waals surface area contributed by atoms with Gasteiger partial charge in [-0.1, -0.05) is 18.2 Å². The number of esters is 1. The van der Waals surface area contributed by atoms with Crippen LogP contribution in [0.2, 0.25) is 0 Å². The first-order valence-corrected chi connectivity index (χ1v) is 9.56. The van der Waals surface area contributed by atoms with Gasteiger partial charge in [0.15, 0.2) is 0 Å². The molecule has 9 heteroatoms. The third-order valence-electron chi connectivity index (χ3n) is 4.98. The van der Waals surface area contributed by atoms with Crippen LogP contribution in [-0.4, -0.2) is 71.6 Å². The molecule has 0 unspecified atom stereocenters. The SMILES string of the molecule is CCOC(=O)c1c(C)[nH]c(C(=O)C(=O)N2CCN(C=O)CC2)c1-c1ccccc1F. The molecule has 2 heterocycles. The molecule has 8 nitrogen and oxygen atoms in total. The predicted octanol–water partition coefficient (Wildman–Crippen LogP) is 1.79. The van der Waals surface area contributed by atoms with Crippen molar-refractivity contribution in [1.82, 2.24) is 14.8 Å². The van der Waals surface area contributed by atoms with Crippen LogP contribution in [0.4, 0.5) is 4.39 Å². The van der Waals surface area contributed by atoms with Gasteiger partial charge in [-0.2, -0.15) is 0 Å². The van der Waals surface area contributed by atoms with Crippen LogP contribution in [0.5, 0.6) is 0 Å². The van der Waals surface area contributed by atoms with Crippen LogP contribution in [0, 0.1) is 12.7 Å². The highest BCUT2D eigenvalue weighted by Crippen LogP contribution is 2.33. The standard InChI is InChI=1S/C21H22FN3O5/c1-3-30-21(29)16-13(2)23-18(17(16)14-6-4-5-7-15(14)22)19(27)20(28)25-10-8-24(12-26)9-11-25/h4-7,12,23H,3,8-11H2,1-2H3. The lowest BCUT2D eigenvalue weighted by Gasteiger charge is -2.32. The average molecular weight is 415 g/mol. The van der Waals surface area contributed by atoms with Crippen molar-refractivity contribution in [3.05, 3.63) is 47.0 Å². The van der Waals surface area contributed by atoms with Crippen LogP contribution in [0.15, 0.2) is 24.3 Å². The Morgan fingerprint density at radius 1 is 1.17 bits per heavy atom. The molecule has 1 N–H and O–H groups in total. The molecule has 0 aliphatic carbocycles. The Morgan fingerprint density at radius 3 is 2.43 bits per heavy atom. The minimum atomic E-state index is -0.883. The van der Waals surface area contributed by atoms with E-state index in [1.165, 1.54) is 28.0 Å². The van der Waals surface area contributed by atoms with Crippen molar-refractivity contribution in [2.45, 2.75) is 13.8 Å². The fraction of sp³-hybridized carbons (Fsp3) is 0.333. The number of halogens is 1. The summed E-state index contributed by atoms with van der Waals surface area (Å²) in [4.78, 5) is 54.9. The van der Waals surface area contributed by atoms with Gasteiger partial charge in [-0.25, -0.2) is 9.18 Å². The number of carbonyl (C=O) groups is 4. The van der Waals surface area contributed by atoms with E-state index in [1.807, 2.05) is 0 Å². The summed E-state index contributed by atoms with van der Waals surface area (Å²) in [6, 6.07) is 5.71. The van der Waals surface area contributed by atoms with Gasteiger partial charge in [0, 0.05) is 43.0 Å². The highest BCUT2D eigenvalue weighted by Gasteiger charge is 2.33. The zero-order valence-corrected chi connectivity index (χ0v) is 16.7. The highest BCUT2D eigenvalue weighted by atomic mass is 19.1. The van der Waals surface area contributed by atoms with Gasteiger partial charge in [0.1, 0.15) is 11.5 Å². The molecule has 158 valence electrons. The number of hydrogen-bond acceptors (Lipinski definition) is 5. The van der Waals surface area contributed by atoms with E-state index in [-0.39, 0.29) is 42.1 Å². The van der Waals surface area contributed by atoms with E-state index in [4.69, 9.17) is 4.74 Å². The lowest BCUT2D eigenvalue weighted by atomic mass is 9.97. The summed E-state index contributed by atoms with van der Waals surface area (Å²) in [6.45, 7) is 4.36. The Hall–Kier alpha value is -3.49. The van der Waals surface area contributed by atoms with Crippen LogP contribution in [0.1, 0.15) is 33.5 Å². The van der Waals surface area contributed by atoms with E-state index in [9.17, 15) is 23.6 Å². The van der Waals surface area contributed by atoms with Crippen molar-refractivity contribution in [1.29, 1.82) is 0 Å². The molecular formula is C21H22FN3O5. The minimum absolute atomic E-state index is 0.00827. The summed E-state index contributed by atoms with van der Waals surface area (Å²) in [5.41, 5.74) is 0.182. The summed E-state index contributed by atoms with van der Waals surface area (Å²) < 4.78 is 19.7. The Balaban J connectivity index is 2.04. The maximum atomic E-state index is 14.6. The lowest BCUT2D eigenvalue weighted by molar-refractivity contribution is -0.131. The number of carbonyl (C=O) groups excluding carboxylic acids is 4. The fourth-order valence-electron chi connectivity index (χ4n) is 3.47. The van der Waals surface area contributed by atoms with Gasteiger partial charge in [-0.05, 0) is 19.9 Å². The molecule has 0 bridgehead atoms. The average Bonchev–Trinajstić information content (AvgIpc) is 3.10. The molecule has 1 aromatic carbocycles. The zero-order chi connectivity index (χ0) is 21.8. The molecule has 3 rings (SSSR count). The molecule has 2 amide bonds. The van der Waals surface area contributed by atoms with E-state index < -0.39 is 23.5 Å². The molecule has 1 aliphatic rings.